The highest BCUT2D eigenvalue weighted by Crippen LogP contribution is 2.34. The van der Waals surface area contributed by atoms with Gasteiger partial charge in [-0.3, -0.25) is 0 Å². The first-order chi connectivity index (χ1) is 9.15. The Morgan fingerprint density at radius 2 is 2.16 bits per heavy atom. The van der Waals surface area contributed by atoms with E-state index >= 15 is 0 Å². The SMILES string of the molecule is CCC1CCC(NCc2ccc(OC)c(F)c2)C1C. The van der Waals surface area contributed by atoms with E-state index in [1.165, 1.54) is 26.4 Å². The molecule has 2 rings (SSSR count). The van der Waals surface area contributed by atoms with E-state index in [2.05, 4.69) is 19.2 Å². The van der Waals surface area contributed by atoms with Gasteiger partial charge in [0.05, 0.1) is 7.11 Å². The van der Waals surface area contributed by atoms with E-state index in [1.54, 1.807) is 12.1 Å². The molecule has 2 nitrogen and oxygen atoms in total. The van der Waals surface area contributed by atoms with Crippen molar-refractivity contribution in [2.75, 3.05) is 7.11 Å². The van der Waals surface area contributed by atoms with Crippen molar-refractivity contribution in [1.82, 2.24) is 5.32 Å². The van der Waals surface area contributed by atoms with Gasteiger partial charge >= 0.3 is 0 Å². The summed E-state index contributed by atoms with van der Waals surface area (Å²) in [6.45, 7) is 5.32. The second-order valence-corrected chi connectivity index (χ2v) is 5.56. The Morgan fingerprint density at radius 3 is 2.74 bits per heavy atom. The van der Waals surface area contributed by atoms with Crippen LogP contribution in [-0.2, 0) is 6.54 Å². The Labute approximate surface area is 115 Å². The number of hydrogen-bond donors (Lipinski definition) is 1. The number of methoxy groups -OCH3 is 1. The summed E-state index contributed by atoms with van der Waals surface area (Å²) in [5.41, 5.74) is 0.977. The second kappa shape index (κ2) is 6.38. The topological polar surface area (TPSA) is 21.3 Å². The van der Waals surface area contributed by atoms with Crippen LogP contribution in [0.2, 0.25) is 0 Å². The van der Waals surface area contributed by atoms with Crippen molar-refractivity contribution in [3.05, 3.63) is 29.6 Å². The lowest BCUT2D eigenvalue weighted by atomic mass is 9.93. The fourth-order valence-corrected chi connectivity index (χ4v) is 3.18. The van der Waals surface area contributed by atoms with E-state index in [9.17, 15) is 4.39 Å². The molecule has 0 saturated heterocycles. The Hall–Kier alpha value is -1.09. The number of nitrogens with one attached hydrogen (secondary N) is 1. The molecule has 3 atom stereocenters. The zero-order valence-electron chi connectivity index (χ0n) is 12.1. The molecule has 19 heavy (non-hydrogen) atoms. The minimum absolute atomic E-state index is 0.285. The van der Waals surface area contributed by atoms with Crippen molar-refractivity contribution in [3.8, 4) is 5.75 Å². The Morgan fingerprint density at radius 1 is 1.37 bits per heavy atom. The first kappa shape index (κ1) is 14.3. The molecule has 106 valence electrons. The van der Waals surface area contributed by atoms with Crippen molar-refractivity contribution in [1.29, 1.82) is 0 Å². The highest BCUT2D eigenvalue weighted by Gasteiger charge is 2.30. The number of ether oxygens (including phenoxy) is 1. The summed E-state index contributed by atoms with van der Waals surface area (Å²) in [6.07, 6.45) is 3.81. The summed E-state index contributed by atoms with van der Waals surface area (Å²) in [5.74, 6) is 1.58. The van der Waals surface area contributed by atoms with E-state index < -0.39 is 0 Å². The van der Waals surface area contributed by atoms with Crippen LogP contribution < -0.4 is 10.1 Å². The third-order valence-electron chi connectivity index (χ3n) is 4.54. The van der Waals surface area contributed by atoms with Crippen LogP contribution in [-0.4, -0.2) is 13.2 Å². The van der Waals surface area contributed by atoms with Crippen LogP contribution in [0.1, 0.15) is 38.7 Å². The van der Waals surface area contributed by atoms with E-state index in [4.69, 9.17) is 4.74 Å². The zero-order valence-corrected chi connectivity index (χ0v) is 12.1. The molecule has 1 aromatic carbocycles. The van der Waals surface area contributed by atoms with Crippen LogP contribution in [0.15, 0.2) is 18.2 Å². The summed E-state index contributed by atoms with van der Waals surface area (Å²) in [7, 11) is 1.49. The van der Waals surface area contributed by atoms with E-state index in [0.717, 1.165) is 18.0 Å². The molecule has 0 spiro atoms. The van der Waals surface area contributed by atoms with Gasteiger partial charge in [0, 0.05) is 12.6 Å². The lowest BCUT2D eigenvalue weighted by Crippen LogP contribution is -2.32. The molecule has 1 fully saturated rings. The van der Waals surface area contributed by atoms with Gasteiger partial charge in [0.2, 0.25) is 0 Å². The summed E-state index contributed by atoms with van der Waals surface area (Å²) >= 11 is 0. The van der Waals surface area contributed by atoms with Crippen LogP contribution in [0, 0.1) is 17.7 Å². The standard InChI is InChI=1S/C16H24FNO/c1-4-13-6-7-15(11(13)2)18-10-12-5-8-16(19-3)14(17)9-12/h5,8-9,11,13,15,18H,4,6-7,10H2,1-3H3. The molecule has 0 amide bonds. The number of benzene rings is 1. The summed E-state index contributed by atoms with van der Waals surface area (Å²) in [6, 6.07) is 5.74. The summed E-state index contributed by atoms with van der Waals surface area (Å²) in [4.78, 5) is 0. The monoisotopic (exact) mass is 265 g/mol. The molecule has 0 radical (unpaired) electrons. The second-order valence-electron chi connectivity index (χ2n) is 5.56. The van der Waals surface area contributed by atoms with Crippen molar-refractivity contribution < 1.29 is 9.13 Å². The van der Waals surface area contributed by atoms with E-state index in [-0.39, 0.29) is 5.82 Å². The van der Waals surface area contributed by atoms with E-state index in [1.807, 2.05) is 6.07 Å². The van der Waals surface area contributed by atoms with Crippen molar-refractivity contribution in [2.45, 2.75) is 45.7 Å². The lowest BCUT2D eigenvalue weighted by molar-refractivity contribution is 0.344. The van der Waals surface area contributed by atoms with Crippen LogP contribution in [0.3, 0.4) is 0 Å². The largest absolute Gasteiger partial charge is 0.494 e. The molecular formula is C16H24FNO. The third kappa shape index (κ3) is 3.27. The number of hydrogen-bond acceptors (Lipinski definition) is 2. The van der Waals surface area contributed by atoms with Gasteiger partial charge in [-0.05, 0) is 42.4 Å². The third-order valence-corrected chi connectivity index (χ3v) is 4.54. The van der Waals surface area contributed by atoms with Gasteiger partial charge in [-0.1, -0.05) is 26.3 Å². The maximum atomic E-state index is 13.6. The average Bonchev–Trinajstić information content (AvgIpc) is 2.77. The molecule has 3 heteroatoms. The fraction of sp³-hybridized carbons (Fsp3) is 0.625. The molecule has 1 N–H and O–H groups in total. The molecule has 1 saturated carbocycles. The van der Waals surface area contributed by atoms with Gasteiger partial charge in [0.1, 0.15) is 0 Å². The van der Waals surface area contributed by atoms with Gasteiger partial charge in [0.15, 0.2) is 11.6 Å². The predicted octanol–water partition coefficient (Wildman–Crippen LogP) is 3.75. The first-order valence-corrected chi connectivity index (χ1v) is 7.21. The Kier molecular flexibility index (Phi) is 4.81. The molecule has 1 aliphatic rings. The smallest absolute Gasteiger partial charge is 0.165 e. The molecule has 1 aromatic rings. The van der Waals surface area contributed by atoms with E-state index in [0.29, 0.717) is 17.7 Å². The first-order valence-electron chi connectivity index (χ1n) is 7.21. The minimum Gasteiger partial charge on any atom is -0.494 e. The van der Waals surface area contributed by atoms with Crippen molar-refractivity contribution >= 4 is 0 Å². The fourth-order valence-electron chi connectivity index (χ4n) is 3.18. The number of rotatable bonds is 5. The minimum atomic E-state index is -0.285. The summed E-state index contributed by atoms with van der Waals surface area (Å²) in [5, 5.41) is 3.57. The summed E-state index contributed by atoms with van der Waals surface area (Å²) < 4.78 is 18.5. The normalized spacial score (nSPS) is 26.6. The Balaban J connectivity index is 1.91. The molecule has 0 aromatic heterocycles. The van der Waals surface area contributed by atoms with Gasteiger partial charge in [-0.25, -0.2) is 4.39 Å². The van der Waals surface area contributed by atoms with Crippen LogP contribution in [0.5, 0.6) is 5.75 Å². The predicted molar refractivity (Wildman–Crippen MR) is 75.8 cm³/mol. The lowest BCUT2D eigenvalue weighted by Gasteiger charge is -2.21. The van der Waals surface area contributed by atoms with Gasteiger partial charge < -0.3 is 10.1 Å². The molecule has 0 aliphatic heterocycles. The molecule has 1 aliphatic carbocycles. The molecule has 0 bridgehead atoms. The molecule has 0 heterocycles. The van der Waals surface area contributed by atoms with Gasteiger partial charge in [-0.2, -0.15) is 0 Å². The highest BCUT2D eigenvalue weighted by atomic mass is 19.1. The quantitative estimate of drug-likeness (QED) is 0.875. The Bertz CT molecular complexity index is 421. The van der Waals surface area contributed by atoms with Crippen molar-refractivity contribution in [3.63, 3.8) is 0 Å². The molecule has 3 unspecified atom stereocenters. The number of halogens is 1. The van der Waals surface area contributed by atoms with Crippen LogP contribution >= 0.6 is 0 Å². The zero-order chi connectivity index (χ0) is 13.8. The highest BCUT2D eigenvalue weighted by molar-refractivity contribution is 5.29. The van der Waals surface area contributed by atoms with Crippen molar-refractivity contribution in [2.24, 2.45) is 11.8 Å². The van der Waals surface area contributed by atoms with Gasteiger partial charge in [-0.15, -0.1) is 0 Å². The molecular weight excluding hydrogens is 241 g/mol. The van der Waals surface area contributed by atoms with Crippen LogP contribution in [0.25, 0.3) is 0 Å². The van der Waals surface area contributed by atoms with Crippen LogP contribution in [0.4, 0.5) is 4.39 Å². The maximum absolute atomic E-state index is 13.6. The average molecular weight is 265 g/mol. The maximum Gasteiger partial charge on any atom is 0.165 e. The van der Waals surface area contributed by atoms with Gasteiger partial charge in [0.25, 0.3) is 0 Å².